The van der Waals surface area contributed by atoms with Crippen LogP contribution in [0.1, 0.15) is 30.5 Å². The van der Waals surface area contributed by atoms with Gasteiger partial charge in [0.1, 0.15) is 0 Å². The van der Waals surface area contributed by atoms with Gasteiger partial charge >= 0.3 is 6.18 Å². The highest BCUT2D eigenvalue weighted by atomic mass is 19.4. The highest BCUT2D eigenvalue weighted by Gasteiger charge is 2.34. The van der Waals surface area contributed by atoms with Gasteiger partial charge in [-0.1, -0.05) is 26.0 Å². The molecule has 3 heteroatoms. The molecule has 0 atom stereocenters. The van der Waals surface area contributed by atoms with Gasteiger partial charge in [-0.15, -0.1) is 0 Å². The molecule has 0 aliphatic rings. The van der Waals surface area contributed by atoms with E-state index in [-0.39, 0.29) is 5.56 Å². The van der Waals surface area contributed by atoms with Gasteiger partial charge in [-0.3, -0.25) is 0 Å². The molecule has 0 spiro atoms. The van der Waals surface area contributed by atoms with Crippen LogP contribution in [0.15, 0.2) is 12.1 Å². The van der Waals surface area contributed by atoms with Crippen molar-refractivity contribution in [3.63, 3.8) is 0 Å². The Balaban J connectivity index is 3.34. The molecule has 0 saturated heterocycles. The fourth-order valence-electron chi connectivity index (χ4n) is 1.52. The number of halogens is 3. The molecule has 14 heavy (non-hydrogen) atoms. The molecule has 0 unspecified atom stereocenters. The van der Waals surface area contributed by atoms with Crippen molar-refractivity contribution >= 4 is 0 Å². The second-order valence-corrected chi connectivity index (χ2v) is 3.06. The van der Waals surface area contributed by atoms with Crippen molar-refractivity contribution in [2.45, 2.75) is 32.9 Å². The van der Waals surface area contributed by atoms with E-state index < -0.39 is 11.7 Å². The van der Waals surface area contributed by atoms with Gasteiger partial charge in [0.15, 0.2) is 0 Å². The smallest absolute Gasteiger partial charge is 0.166 e. The maximum absolute atomic E-state index is 12.7. The molecule has 1 aromatic carbocycles. The maximum Gasteiger partial charge on any atom is 0.416 e. The molecule has 0 aliphatic heterocycles. The van der Waals surface area contributed by atoms with Crippen LogP contribution in [-0.4, -0.2) is 0 Å². The molecule has 77 valence electrons. The molecule has 0 amide bonds. The Hall–Kier alpha value is -0.990. The van der Waals surface area contributed by atoms with E-state index in [1.54, 1.807) is 19.9 Å². The lowest BCUT2D eigenvalue weighted by Crippen LogP contribution is -2.12. The van der Waals surface area contributed by atoms with Crippen molar-refractivity contribution in [3.8, 4) is 0 Å². The van der Waals surface area contributed by atoms with Crippen LogP contribution >= 0.6 is 0 Å². The number of hydrogen-bond donors (Lipinski definition) is 0. The normalized spacial score (nSPS) is 11.8. The van der Waals surface area contributed by atoms with Crippen molar-refractivity contribution in [1.29, 1.82) is 0 Å². The molecule has 1 rings (SSSR count). The van der Waals surface area contributed by atoms with Crippen molar-refractivity contribution in [2.24, 2.45) is 0 Å². The molecular weight excluding hydrogens is 189 g/mol. The molecule has 0 fully saturated rings. The Bertz CT molecular complexity index is 291. The van der Waals surface area contributed by atoms with Crippen LogP contribution in [0.2, 0.25) is 0 Å². The van der Waals surface area contributed by atoms with Gasteiger partial charge < -0.3 is 0 Å². The number of alkyl halides is 3. The zero-order chi connectivity index (χ0) is 10.8. The summed E-state index contributed by atoms with van der Waals surface area (Å²) in [6, 6.07) is 5.70. The van der Waals surface area contributed by atoms with E-state index in [1.807, 2.05) is 0 Å². The first-order chi connectivity index (χ1) is 6.50. The zero-order valence-corrected chi connectivity index (χ0v) is 8.20. The first-order valence-corrected chi connectivity index (χ1v) is 4.60. The maximum atomic E-state index is 12.7. The number of hydrogen-bond acceptors (Lipinski definition) is 0. The lowest BCUT2D eigenvalue weighted by Gasteiger charge is -2.15. The Labute approximate surface area is 81.8 Å². The molecule has 0 N–H and O–H groups in total. The summed E-state index contributed by atoms with van der Waals surface area (Å²) in [5.41, 5.74) is 0.120. The molecule has 0 saturated carbocycles. The molecule has 0 heterocycles. The minimum atomic E-state index is -4.26. The van der Waals surface area contributed by atoms with E-state index in [2.05, 4.69) is 6.07 Å². The largest absolute Gasteiger partial charge is 0.416 e. The van der Waals surface area contributed by atoms with E-state index in [1.165, 1.54) is 6.07 Å². The first kappa shape index (κ1) is 11.1. The topological polar surface area (TPSA) is 0 Å². The second kappa shape index (κ2) is 4.03. The lowest BCUT2D eigenvalue weighted by atomic mass is 9.97. The van der Waals surface area contributed by atoms with Crippen LogP contribution < -0.4 is 0 Å². The number of benzene rings is 1. The second-order valence-electron chi connectivity index (χ2n) is 3.06. The van der Waals surface area contributed by atoms with Crippen LogP contribution in [0.4, 0.5) is 13.2 Å². The predicted molar refractivity (Wildman–Crippen MR) is 49.0 cm³/mol. The summed E-state index contributed by atoms with van der Waals surface area (Å²) in [5, 5.41) is 0. The van der Waals surface area contributed by atoms with Crippen molar-refractivity contribution in [1.82, 2.24) is 0 Å². The predicted octanol–water partition coefficient (Wildman–Crippen LogP) is 3.63. The van der Waals surface area contributed by atoms with E-state index in [4.69, 9.17) is 0 Å². The van der Waals surface area contributed by atoms with Crippen LogP contribution in [0.5, 0.6) is 0 Å². The van der Waals surface area contributed by atoms with Gasteiger partial charge in [0.25, 0.3) is 0 Å². The summed E-state index contributed by atoms with van der Waals surface area (Å²) in [6.45, 7) is 3.44. The van der Waals surface area contributed by atoms with Gasteiger partial charge in [0.2, 0.25) is 0 Å². The average molecular weight is 201 g/mol. The van der Waals surface area contributed by atoms with Gasteiger partial charge in [0, 0.05) is 0 Å². The third-order valence-corrected chi connectivity index (χ3v) is 2.18. The third kappa shape index (κ3) is 2.08. The van der Waals surface area contributed by atoms with Gasteiger partial charge in [-0.2, -0.15) is 13.2 Å². The van der Waals surface area contributed by atoms with Gasteiger partial charge in [-0.25, -0.2) is 0 Å². The van der Waals surface area contributed by atoms with Crippen molar-refractivity contribution in [2.75, 3.05) is 0 Å². The summed E-state index contributed by atoms with van der Waals surface area (Å²) in [7, 11) is 0. The van der Waals surface area contributed by atoms with Gasteiger partial charge in [0.05, 0.1) is 5.56 Å². The minimum Gasteiger partial charge on any atom is -0.166 e. The number of rotatable bonds is 2. The Morgan fingerprint density at radius 1 is 1.21 bits per heavy atom. The van der Waals surface area contributed by atoms with Gasteiger partial charge in [-0.05, 0) is 30.0 Å². The van der Waals surface area contributed by atoms with Crippen LogP contribution in [0.25, 0.3) is 0 Å². The summed E-state index contributed by atoms with van der Waals surface area (Å²) in [6.07, 6.45) is -3.49. The van der Waals surface area contributed by atoms with E-state index >= 15 is 0 Å². The highest BCUT2D eigenvalue weighted by Crippen LogP contribution is 2.34. The Kier molecular flexibility index (Phi) is 3.19. The molecule has 0 aliphatic carbocycles. The molecule has 0 bridgehead atoms. The SMILES string of the molecule is CCc1[c]ccc(CC)c1C(F)(F)F. The molecule has 1 radical (unpaired) electrons. The summed E-state index contributed by atoms with van der Waals surface area (Å²) >= 11 is 0. The summed E-state index contributed by atoms with van der Waals surface area (Å²) in [5.74, 6) is 0. The summed E-state index contributed by atoms with van der Waals surface area (Å²) in [4.78, 5) is 0. The third-order valence-electron chi connectivity index (χ3n) is 2.18. The fourth-order valence-corrected chi connectivity index (χ4v) is 1.52. The van der Waals surface area contributed by atoms with Crippen LogP contribution in [0.3, 0.4) is 0 Å². The Morgan fingerprint density at radius 2 is 1.86 bits per heavy atom. The number of aryl methyl sites for hydroxylation is 2. The molecule has 0 nitrogen and oxygen atoms in total. The van der Waals surface area contributed by atoms with Crippen molar-refractivity contribution in [3.05, 3.63) is 34.9 Å². The molecular formula is C11H12F3. The van der Waals surface area contributed by atoms with E-state index in [9.17, 15) is 13.2 Å². The van der Waals surface area contributed by atoms with E-state index in [0.717, 1.165) is 0 Å². The van der Waals surface area contributed by atoms with E-state index in [0.29, 0.717) is 18.4 Å². The van der Waals surface area contributed by atoms with Crippen LogP contribution in [-0.2, 0) is 19.0 Å². The minimum absolute atomic E-state index is 0.261. The monoisotopic (exact) mass is 201 g/mol. The Morgan fingerprint density at radius 3 is 2.29 bits per heavy atom. The summed E-state index contributed by atoms with van der Waals surface area (Å²) < 4.78 is 38.0. The highest BCUT2D eigenvalue weighted by molar-refractivity contribution is 5.36. The van der Waals surface area contributed by atoms with Crippen LogP contribution in [0, 0.1) is 6.07 Å². The fraction of sp³-hybridized carbons (Fsp3) is 0.455. The molecule has 1 aromatic rings. The first-order valence-electron chi connectivity index (χ1n) is 4.60. The zero-order valence-electron chi connectivity index (χ0n) is 8.20. The molecule has 0 aromatic heterocycles. The lowest BCUT2D eigenvalue weighted by molar-refractivity contribution is -0.138. The quantitative estimate of drug-likeness (QED) is 0.685. The standard InChI is InChI=1S/C11H12F3/c1-3-8-6-5-7-9(4-2)10(8)11(12,13)14/h5-6H,3-4H2,1-2H3. The van der Waals surface area contributed by atoms with Crippen molar-refractivity contribution < 1.29 is 13.2 Å². The average Bonchev–Trinajstić information content (AvgIpc) is 2.15.